The summed E-state index contributed by atoms with van der Waals surface area (Å²) in [5.41, 5.74) is 6.90. The minimum Gasteiger partial charge on any atom is -0.383 e. The van der Waals surface area contributed by atoms with Crippen molar-refractivity contribution in [1.29, 1.82) is 10.5 Å². The number of anilines is 1. The van der Waals surface area contributed by atoms with Crippen molar-refractivity contribution in [3.63, 3.8) is 0 Å². The van der Waals surface area contributed by atoms with Gasteiger partial charge in [0, 0.05) is 0 Å². The summed E-state index contributed by atoms with van der Waals surface area (Å²) in [7, 11) is 0. The Hall–Kier alpha value is -1.72. The average molecular weight is 204 g/mol. The van der Waals surface area contributed by atoms with Crippen LogP contribution in [0.4, 0.5) is 5.82 Å². The van der Waals surface area contributed by atoms with E-state index in [9.17, 15) is 0 Å². The molecule has 0 saturated heterocycles. The molecule has 1 heterocycles. The molecule has 2 N–H and O–H groups in total. The molecule has 0 atom stereocenters. The lowest BCUT2D eigenvalue weighted by Crippen LogP contribution is -2.02. The fourth-order valence-corrected chi connectivity index (χ4v) is 1.71. The van der Waals surface area contributed by atoms with E-state index in [1.165, 1.54) is 11.8 Å². The number of nitriles is 2. The number of aromatic nitrogens is 1. The van der Waals surface area contributed by atoms with E-state index >= 15 is 0 Å². The summed E-state index contributed by atoms with van der Waals surface area (Å²) in [6.07, 6.45) is 1.81. The molecule has 0 saturated carbocycles. The predicted molar refractivity (Wildman–Crippen MR) is 54.6 cm³/mol. The monoisotopic (exact) mass is 204 g/mol. The van der Waals surface area contributed by atoms with Crippen LogP contribution in [-0.4, -0.2) is 11.2 Å². The molecular formula is C9H8N4S. The molecular weight excluding hydrogens is 196 g/mol. The minimum absolute atomic E-state index is 0.188. The summed E-state index contributed by atoms with van der Waals surface area (Å²) in [6, 6.07) is 3.97. The molecule has 14 heavy (non-hydrogen) atoms. The van der Waals surface area contributed by atoms with Gasteiger partial charge in [-0.3, -0.25) is 0 Å². The first-order valence-corrected chi connectivity index (χ1v) is 5.02. The normalized spacial score (nSPS) is 9.14. The zero-order valence-electron chi connectivity index (χ0n) is 7.83. The standard InChI is InChI=1S/C9H8N4S/c1-5-6(3-10)8(12)13-9(14-2)7(5)4-11/h1-2H3,(H2,12,13). The first-order valence-electron chi connectivity index (χ1n) is 3.80. The van der Waals surface area contributed by atoms with Crippen LogP contribution in [0.5, 0.6) is 0 Å². The minimum atomic E-state index is 0.188. The van der Waals surface area contributed by atoms with Crippen molar-refractivity contribution in [1.82, 2.24) is 4.98 Å². The van der Waals surface area contributed by atoms with E-state index in [0.29, 0.717) is 21.7 Å². The average Bonchev–Trinajstić information content (AvgIpc) is 2.17. The molecule has 1 aromatic heterocycles. The van der Waals surface area contributed by atoms with Gasteiger partial charge in [-0.25, -0.2) is 4.98 Å². The molecule has 4 nitrogen and oxygen atoms in total. The van der Waals surface area contributed by atoms with Gasteiger partial charge in [-0.2, -0.15) is 10.5 Å². The molecule has 0 aliphatic carbocycles. The number of hydrogen-bond donors (Lipinski definition) is 1. The van der Waals surface area contributed by atoms with Crippen LogP contribution in [0.15, 0.2) is 5.03 Å². The number of pyridine rings is 1. The van der Waals surface area contributed by atoms with E-state index < -0.39 is 0 Å². The molecule has 0 aliphatic rings. The third kappa shape index (κ3) is 1.50. The number of nitrogens with zero attached hydrogens (tertiary/aromatic N) is 3. The first-order chi connectivity index (χ1) is 6.65. The summed E-state index contributed by atoms with van der Waals surface area (Å²) in [5, 5.41) is 18.3. The summed E-state index contributed by atoms with van der Waals surface area (Å²) < 4.78 is 0. The number of nitrogens with two attached hydrogens (primary N) is 1. The quantitative estimate of drug-likeness (QED) is 0.699. The number of hydrogen-bond acceptors (Lipinski definition) is 5. The van der Waals surface area contributed by atoms with Crippen molar-refractivity contribution < 1.29 is 0 Å². The van der Waals surface area contributed by atoms with Crippen LogP contribution in [0, 0.1) is 29.6 Å². The van der Waals surface area contributed by atoms with Gasteiger partial charge in [0.25, 0.3) is 0 Å². The Kier molecular flexibility index (Phi) is 2.95. The van der Waals surface area contributed by atoms with E-state index in [4.69, 9.17) is 16.3 Å². The van der Waals surface area contributed by atoms with Crippen molar-refractivity contribution in [2.45, 2.75) is 11.9 Å². The second-order valence-corrected chi connectivity index (χ2v) is 3.40. The Bertz CT molecular complexity index is 453. The number of rotatable bonds is 1. The summed E-state index contributed by atoms with van der Waals surface area (Å²) in [6.45, 7) is 1.70. The summed E-state index contributed by atoms with van der Waals surface area (Å²) >= 11 is 1.34. The van der Waals surface area contributed by atoms with Crippen LogP contribution in [0.3, 0.4) is 0 Å². The molecule has 5 heteroatoms. The van der Waals surface area contributed by atoms with Gasteiger partial charge >= 0.3 is 0 Å². The number of thioether (sulfide) groups is 1. The van der Waals surface area contributed by atoms with E-state index in [1.807, 2.05) is 18.4 Å². The van der Waals surface area contributed by atoms with Gasteiger partial charge in [0.15, 0.2) is 0 Å². The zero-order valence-corrected chi connectivity index (χ0v) is 8.64. The predicted octanol–water partition coefficient (Wildman–Crippen LogP) is 1.44. The van der Waals surface area contributed by atoms with Gasteiger partial charge in [0.05, 0.1) is 11.1 Å². The van der Waals surface area contributed by atoms with Crippen LogP contribution in [0.1, 0.15) is 16.7 Å². The zero-order chi connectivity index (χ0) is 10.7. The Labute approximate surface area is 86.4 Å². The van der Waals surface area contributed by atoms with Gasteiger partial charge in [-0.15, -0.1) is 11.8 Å². The Morgan fingerprint density at radius 2 is 1.86 bits per heavy atom. The molecule has 0 amide bonds. The Balaban J connectivity index is 3.60. The van der Waals surface area contributed by atoms with Gasteiger partial charge in [0.2, 0.25) is 0 Å². The highest BCUT2D eigenvalue weighted by atomic mass is 32.2. The second-order valence-electron chi connectivity index (χ2n) is 2.60. The van der Waals surface area contributed by atoms with Crippen LogP contribution in [0.2, 0.25) is 0 Å². The lowest BCUT2D eigenvalue weighted by Gasteiger charge is -2.06. The van der Waals surface area contributed by atoms with E-state index in [0.717, 1.165) is 0 Å². The SMILES string of the molecule is CSc1nc(N)c(C#N)c(C)c1C#N. The first kappa shape index (κ1) is 10.4. The highest BCUT2D eigenvalue weighted by Gasteiger charge is 2.14. The van der Waals surface area contributed by atoms with Crippen molar-refractivity contribution in [2.24, 2.45) is 0 Å². The molecule has 1 rings (SSSR count). The summed E-state index contributed by atoms with van der Waals surface area (Å²) in [5.74, 6) is 0.188. The largest absolute Gasteiger partial charge is 0.383 e. The smallest absolute Gasteiger partial charge is 0.143 e. The molecule has 0 fully saturated rings. The van der Waals surface area contributed by atoms with Crippen molar-refractivity contribution in [3.05, 3.63) is 16.7 Å². The second kappa shape index (κ2) is 3.99. The molecule has 0 aliphatic heterocycles. The van der Waals surface area contributed by atoms with Crippen LogP contribution >= 0.6 is 11.8 Å². The maximum atomic E-state index is 8.89. The molecule has 0 radical (unpaired) electrons. The van der Waals surface area contributed by atoms with Crippen LogP contribution in [0.25, 0.3) is 0 Å². The molecule has 1 aromatic rings. The lowest BCUT2D eigenvalue weighted by molar-refractivity contribution is 1.09. The van der Waals surface area contributed by atoms with Crippen molar-refractivity contribution >= 4 is 17.6 Å². The molecule has 70 valence electrons. The van der Waals surface area contributed by atoms with Gasteiger partial charge in [0.1, 0.15) is 23.0 Å². The molecule has 0 bridgehead atoms. The topological polar surface area (TPSA) is 86.5 Å². The van der Waals surface area contributed by atoms with Gasteiger partial charge in [-0.1, -0.05) is 0 Å². The summed E-state index contributed by atoms with van der Waals surface area (Å²) in [4.78, 5) is 3.99. The lowest BCUT2D eigenvalue weighted by atomic mass is 10.1. The molecule has 0 unspecified atom stereocenters. The molecule has 0 aromatic carbocycles. The van der Waals surface area contributed by atoms with Crippen molar-refractivity contribution in [2.75, 3.05) is 12.0 Å². The van der Waals surface area contributed by atoms with Gasteiger partial charge < -0.3 is 5.73 Å². The van der Waals surface area contributed by atoms with Crippen LogP contribution in [-0.2, 0) is 0 Å². The van der Waals surface area contributed by atoms with E-state index in [2.05, 4.69) is 4.98 Å². The van der Waals surface area contributed by atoms with Crippen LogP contribution < -0.4 is 5.73 Å². The van der Waals surface area contributed by atoms with Gasteiger partial charge in [-0.05, 0) is 18.7 Å². The highest BCUT2D eigenvalue weighted by Crippen LogP contribution is 2.25. The van der Waals surface area contributed by atoms with E-state index in [-0.39, 0.29) is 5.82 Å². The third-order valence-corrected chi connectivity index (χ3v) is 2.54. The molecule has 0 spiro atoms. The Morgan fingerprint density at radius 3 is 2.29 bits per heavy atom. The number of nitrogen functional groups attached to an aromatic ring is 1. The van der Waals surface area contributed by atoms with E-state index in [1.54, 1.807) is 6.92 Å². The third-order valence-electron chi connectivity index (χ3n) is 1.86. The maximum Gasteiger partial charge on any atom is 0.143 e. The fraction of sp³-hybridized carbons (Fsp3) is 0.222. The fourth-order valence-electron chi connectivity index (χ4n) is 1.12. The Morgan fingerprint density at radius 1 is 1.29 bits per heavy atom. The maximum absolute atomic E-state index is 8.89. The van der Waals surface area contributed by atoms with Crippen molar-refractivity contribution in [3.8, 4) is 12.1 Å². The highest BCUT2D eigenvalue weighted by molar-refractivity contribution is 7.98.